The van der Waals surface area contributed by atoms with Gasteiger partial charge in [-0.25, -0.2) is 8.78 Å². The van der Waals surface area contributed by atoms with E-state index in [1.807, 2.05) is 12.1 Å². The van der Waals surface area contributed by atoms with Crippen molar-refractivity contribution in [1.82, 2.24) is 4.98 Å². The minimum Gasteiger partial charge on any atom is -0.329 e. The molecule has 0 fully saturated rings. The molecule has 1 unspecified atom stereocenters. The average molecular weight is 266 g/mol. The zero-order chi connectivity index (χ0) is 13.0. The zero-order valence-corrected chi connectivity index (χ0v) is 10.3. The number of rotatable bonds is 4. The first-order valence-corrected chi connectivity index (χ1v) is 6.30. The van der Waals surface area contributed by atoms with E-state index in [4.69, 9.17) is 5.73 Å². The Morgan fingerprint density at radius 1 is 1.17 bits per heavy atom. The van der Waals surface area contributed by atoms with Crippen LogP contribution < -0.4 is 5.73 Å². The second-order valence-corrected chi connectivity index (χ2v) is 4.94. The molecule has 0 aliphatic rings. The summed E-state index contributed by atoms with van der Waals surface area (Å²) in [5.41, 5.74) is 6.67. The van der Waals surface area contributed by atoms with Crippen LogP contribution in [-0.4, -0.2) is 11.5 Å². The number of nitrogens with two attached hydrogens (primary N) is 1. The van der Waals surface area contributed by atoms with Crippen LogP contribution in [0, 0.1) is 11.6 Å². The normalized spacial score (nSPS) is 12.4. The second kappa shape index (κ2) is 5.93. The lowest BCUT2D eigenvalue weighted by molar-refractivity contribution is 0.565. The van der Waals surface area contributed by atoms with Gasteiger partial charge < -0.3 is 5.73 Å². The van der Waals surface area contributed by atoms with Crippen molar-refractivity contribution in [2.45, 2.75) is 10.1 Å². The molecule has 0 aliphatic carbocycles. The minimum atomic E-state index is -0.579. The Bertz CT molecular complexity index is 520. The van der Waals surface area contributed by atoms with Gasteiger partial charge in [0.25, 0.3) is 0 Å². The monoisotopic (exact) mass is 266 g/mol. The van der Waals surface area contributed by atoms with Gasteiger partial charge in [0.1, 0.15) is 11.6 Å². The molecular formula is C13H12F2N2S. The lowest BCUT2D eigenvalue weighted by atomic mass is 10.2. The van der Waals surface area contributed by atoms with E-state index in [9.17, 15) is 8.78 Å². The van der Waals surface area contributed by atoms with Crippen molar-refractivity contribution < 1.29 is 8.78 Å². The molecule has 5 heteroatoms. The maximum atomic E-state index is 13.5. The lowest BCUT2D eigenvalue weighted by Crippen LogP contribution is -2.09. The van der Waals surface area contributed by atoms with Gasteiger partial charge in [-0.3, -0.25) is 4.98 Å². The first kappa shape index (κ1) is 13.0. The summed E-state index contributed by atoms with van der Waals surface area (Å²) in [4.78, 5) is 4.32. The first-order chi connectivity index (χ1) is 8.70. The third-order valence-corrected chi connectivity index (χ3v) is 3.79. The fourth-order valence-corrected chi connectivity index (χ4v) is 2.57. The molecule has 0 saturated carbocycles. The molecule has 0 saturated heterocycles. The van der Waals surface area contributed by atoms with Gasteiger partial charge in [0.15, 0.2) is 0 Å². The summed E-state index contributed by atoms with van der Waals surface area (Å²) in [5, 5.41) is -0.0760. The third kappa shape index (κ3) is 3.05. The van der Waals surface area contributed by atoms with E-state index in [1.165, 1.54) is 23.9 Å². The average Bonchev–Trinajstić information content (AvgIpc) is 2.39. The predicted molar refractivity (Wildman–Crippen MR) is 68.2 cm³/mol. The van der Waals surface area contributed by atoms with E-state index in [-0.39, 0.29) is 5.25 Å². The number of nitrogens with zero attached hydrogens (tertiary/aromatic N) is 1. The number of hydrogen-bond donors (Lipinski definition) is 1. The highest BCUT2D eigenvalue weighted by molar-refractivity contribution is 7.99. The molecule has 0 amide bonds. The largest absolute Gasteiger partial charge is 0.329 e. The molecule has 1 aromatic heterocycles. The number of pyridine rings is 1. The van der Waals surface area contributed by atoms with Gasteiger partial charge in [-0.05, 0) is 29.8 Å². The van der Waals surface area contributed by atoms with Crippen LogP contribution in [0.1, 0.15) is 10.8 Å². The van der Waals surface area contributed by atoms with Gasteiger partial charge in [-0.1, -0.05) is 0 Å². The number of halogens is 2. The molecule has 2 nitrogen and oxygen atoms in total. The zero-order valence-electron chi connectivity index (χ0n) is 9.51. The summed E-state index contributed by atoms with van der Waals surface area (Å²) in [7, 11) is 0. The molecule has 18 heavy (non-hydrogen) atoms. The van der Waals surface area contributed by atoms with E-state index >= 15 is 0 Å². The fourth-order valence-electron chi connectivity index (χ4n) is 1.55. The van der Waals surface area contributed by atoms with E-state index < -0.39 is 11.6 Å². The van der Waals surface area contributed by atoms with Crippen LogP contribution in [0.2, 0.25) is 0 Å². The Hall–Kier alpha value is -1.46. The molecular weight excluding hydrogens is 254 g/mol. The number of aromatic nitrogens is 1. The number of benzene rings is 1. The van der Waals surface area contributed by atoms with Crippen molar-refractivity contribution in [2.24, 2.45) is 5.73 Å². The number of hydrogen-bond acceptors (Lipinski definition) is 3. The van der Waals surface area contributed by atoms with Crippen molar-refractivity contribution in [1.29, 1.82) is 0 Å². The van der Waals surface area contributed by atoms with Crippen molar-refractivity contribution in [2.75, 3.05) is 6.54 Å². The molecule has 2 N–H and O–H groups in total. The highest BCUT2D eigenvalue weighted by atomic mass is 32.2. The van der Waals surface area contributed by atoms with Crippen LogP contribution >= 0.6 is 11.8 Å². The van der Waals surface area contributed by atoms with Crippen molar-refractivity contribution >= 4 is 11.8 Å². The molecule has 2 aromatic rings. The topological polar surface area (TPSA) is 38.9 Å². The van der Waals surface area contributed by atoms with Gasteiger partial charge >= 0.3 is 0 Å². The molecule has 0 radical (unpaired) electrons. The maximum absolute atomic E-state index is 13.5. The third-order valence-electron chi connectivity index (χ3n) is 2.46. The first-order valence-electron chi connectivity index (χ1n) is 5.42. The molecule has 2 rings (SSSR count). The molecule has 94 valence electrons. The quantitative estimate of drug-likeness (QED) is 0.864. The summed E-state index contributed by atoms with van der Waals surface area (Å²) < 4.78 is 26.4. The summed E-state index contributed by atoms with van der Waals surface area (Å²) in [6.07, 6.45) is 3.33. The minimum absolute atomic E-state index is 0.0760. The standard InChI is InChI=1S/C13H12F2N2S/c14-10-1-2-12(11(15)7-10)18-13(8-16)9-3-5-17-6-4-9/h1-7,13H,8,16H2. The van der Waals surface area contributed by atoms with E-state index in [0.717, 1.165) is 11.6 Å². The molecule has 1 atom stereocenters. The van der Waals surface area contributed by atoms with Crippen LogP contribution in [0.4, 0.5) is 8.78 Å². The molecule has 0 bridgehead atoms. The Labute approximate surface area is 108 Å². The van der Waals surface area contributed by atoms with E-state index in [1.54, 1.807) is 12.4 Å². The molecule has 0 spiro atoms. The Morgan fingerprint density at radius 2 is 1.89 bits per heavy atom. The molecule has 1 heterocycles. The van der Waals surface area contributed by atoms with Crippen LogP contribution in [0.5, 0.6) is 0 Å². The highest BCUT2D eigenvalue weighted by Gasteiger charge is 2.14. The van der Waals surface area contributed by atoms with Crippen LogP contribution in [0.15, 0.2) is 47.6 Å². The smallest absolute Gasteiger partial charge is 0.139 e. The van der Waals surface area contributed by atoms with E-state index in [2.05, 4.69) is 4.98 Å². The van der Waals surface area contributed by atoms with Gasteiger partial charge in [-0.2, -0.15) is 0 Å². The van der Waals surface area contributed by atoms with Crippen molar-refractivity contribution in [3.63, 3.8) is 0 Å². The summed E-state index contributed by atoms with van der Waals surface area (Å²) in [5.74, 6) is -1.14. The van der Waals surface area contributed by atoms with Gasteiger partial charge in [0.05, 0.1) is 0 Å². The summed E-state index contributed by atoms with van der Waals surface area (Å²) in [6, 6.07) is 7.23. The lowest BCUT2D eigenvalue weighted by Gasteiger charge is -2.15. The van der Waals surface area contributed by atoms with Crippen LogP contribution in [0.3, 0.4) is 0 Å². The summed E-state index contributed by atoms with van der Waals surface area (Å²) in [6.45, 7) is 0.367. The summed E-state index contributed by atoms with van der Waals surface area (Å²) >= 11 is 1.28. The Balaban J connectivity index is 2.21. The predicted octanol–water partition coefficient (Wildman–Crippen LogP) is 3.15. The van der Waals surface area contributed by atoms with Gasteiger partial charge in [0, 0.05) is 35.2 Å². The van der Waals surface area contributed by atoms with Crippen molar-refractivity contribution in [3.05, 3.63) is 59.9 Å². The van der Waals surface area contributed by atoms with Crippen molar-refractivity contribution in [3.8, 4) is 0 Å². The highest BCUT2D eigenvalue weighted by Crippen LogP contribution is 2.35. The second-order valence-electron chi connectivity index (χ2n) is 3.70. The molecule has 0 aliphatic heterocycles. The fraction of sp³-hybridized carbons (Fsp3) is 0.154. The van der Waals surface area contributed by atoms with Crippen LogP contribution in [-0.2, 0) is 0 Å². The SMILES string of the molecule is NCC(Sc1ccc(F)cc1F)c1ccncc1. The van der Waals surface area contributed by atoms with Gasteiger partial charge in [-0.15, -0.1) is 11.8 Å². The van der Waals surface area contributed by atoms with E-state index in [0.29, 0.717) is 11.4 Å². The Morgan fingerprint density at radius 3 is 2.50 bits per heavy atom. The van der Waals surface area contributed by atoms with Gasteiger partial charge in [0.2, 0.25) is 0 Å². The Kier molecular flexibility index (Phi) is 4.28. The number of thioether (sulfide) groups is 1. The van der Waals surface area contributed by atoms with Crippen LogP contribution in [0.25, 0.3) is 0 Å². The maximum Gasteiger partial charge on any atom is 0.139 e. The molecule has 1 aromatic carbocycles.